The van der Waals surface area contributed by atoms with Gasteiger partial charge >= 0.3 is 6.18 Å². The molecule has 0 saturated heterocycles. The van der Waals surface area contributed by atoms with E-state index in [1.807, 2.05) is 13.8 Å². The molecule has 0 bridgehead atoms. The summed E-state index contributed by atoms with van der Waals surface area (Å²) >= 11 is 0. The van der Waals surface area contributed by atoms with Crippen LogP contribution < -0.4 is 0 Å². The van der Waals surface area contributed by atoms with E-state index in [2.05, 4.69) is 16.8 Å². The monoisotopic (exact) mass is 503 g/mol. The number of methoxy groups -OCH3 is 1. The first-order valence-corrected chi connectivity index (χ1v) is 11.2. The molecular weight excluding hydrogens is 475 g/mol. The first-order chi connectivity index (χ1) is 16.9. The fourth-order valence-electron chi connectivity index (χ4n) is 3.73. The van der Waals surface area contributed by atoms with Crippen LogP contribution in [0.25, 0.3) is 0 Å². The molecule has 0 aliphatic carbocycles. The van der Waals surface area contributed by atoms with Gasteiger partial charge in [-0.15, -0.1) is 10.2 Å². The maximum absolute atomic E-state index is 13.1. The summed E-state index contributed by atoms with van der Waals surface area (Å²) in [5, 5.41) is 7.99. The van der Waals surface area contributed by atoms with Gasteiger partial charge in [0.05, 0.1) is 29.5 Å². The Morgan fingerprint density at radius 3 is 2.31 bits per heavy atom. The van der Waals surface area contributed by atoms with Crippen LogP contribution in [0, 0.1) is 0 Å². The summed E-state index contributed by atoms with van der Waals surface area (Å²) in [6.45, 7) is 9.85. The lowest BCUT2D eigenvalue weighted by atomic mass is 10.1. The number of halogens is 3. The van der Waals surface area contributed by atoms with Crippen LogP contribution in [-0.4, -0.2) is 41.8 Å². The number of hydrogen-bond acceptors (Lipinski definition) is 6. The summed E-state index contributed by atoms with van der Waals surface area (Å²) in [4.78, 5) is 39.5. The molecule has 0 radical (unpaired) electrons. The minimum atomic E-state index is -4.56. The number of imide groups is 1. The first kappa shape index (κ1) is 28.4. The first-order valence-electron chi connectivity index (χ1n) is 11.2. The minimum Gasteiger partial charge on any atom is -0.494 e. The molecule has 1 aliphatic rings. The van der Waals surface area contributed by atoms with E-state index in [1.165, 1.54) is 38.0 Å². The number of alkyl halides is 3. The van der Waals surface area contributed by atoms with Crippen molar-refractivity contribution in [2.45, 2.75) is 52.8 Å². The number of carbonyl (C=O) groups excluding carboxylic acids is 3. The van der Waals surface area contributed by atoms with E-state index in [4.69, 9.17) is 4.74 Å². The van der Waals surface area contributed by atoms with E-state index in [0.717, 1.165) is 18.2 Å². The molecular formula is C26H28F3N3O4. The van der Waals surface area contributed by atoms with E-state index in [0.29, 0.717) is 12.8 Å². The van der Waals surface area contributed by atoms with E-state index in [1.54, 1.807) is 6.07 Å². The summed E-state index contributed by atoms with van der Waals surface area (Å²) in [5.74, 6) is -1.71. The normalized spacial score (nSPS) is 15.2. The molecule has 0 saturated carbocycles. The van der Waals surface area contributed by atoms with Crippen molar-refractivity contribution < 1.29 is 32.3 Å². The molecule has 1 heterocycles. The number of Topliss-reactive ketones (excluding diaryl/α,β-unsaturated/α-hetero) is 1. The standard InChI is InChI=1S/C26H28F3N3O4/c1-7-17(26(27,28)29)14-13-15(4)23(36-6)22(16(5)33)31-30-20-12-10-11-19-21(20)25(35)32(24(19)34)18(8-2)9-3/h7,10-14,18H,4,8-9H2,1-3,5-6H3/b14-13-,17-7?,23-22-,31-30?. The Bertz CT molecular complexity index is 1190. The van der Waals surface area contributed by atoms with Gasteiger partial charge in [-0.05, 0) is 38.0 Å². The summed E-state index contributed by atoms with van der Waals surface area (Å²) in [7, 11) is 1.21. The molecule has 192 valence electrons. The van der Waals surface area contributed by atoms with Crippen molar-refractivity contribution in [3.8, 4) is 0 Å². The molecule has 7 nitrogen and oxygen atoms in total. The Hall–Kier alpha value is -3.82. The van der Waals surface area contributed by atoms with Crippen molar-refractivity contribution in [1.82, 2.24) is 4.90 Å². The highest BCUT2D eigenvalue weighted by Gasteiger charge is 2.40. The number of benzene rings is 1. The third kappa shape index (κ3) is 5.87. The van der Waals surface area contributed by atoms with Gasteiger partial charge in [-0.1, -0.05) is 38.6 Å². The second-order valence-corrected chi connectivity index (χ2v) is 7.89. The summed E-state index contributed by atoms with van der Waals surface area (Å²) < 4.78 is 44.2. The number of allylic oxidation sites excluding steroid dienone is 5. The molecule has 0 spiro atoms. The fourth-order valence-corrected chi connectivity index (χ4v) is 3.73. The Morgan fingerprint density at radius 1 is 1.17 bits per heavy atom. The Kier molecular flexibility index (Phi) is 9.27. The van der Waals surface area contributed by atoms with Crippen LogP contribution in [0.4, 0.5) is 18.9 Å². The van der Waals surface area contributed by atoms with Crippen LogP contribution in [0.1, 0.15) is 61.3 Å². The molecule has 0 atom stereocenters. The van der Waals surface area contributed by atoms with Crippen molar-refractivity contribution in [2.75, 3.05) is 7.11 Å². The molecule has 0 unspecified atom stereocenters. The van der Waals surface area contributed by atoms with Crippen molar-refractivity contribution >= 4 is 23.3 Å². The molecule has 0 aromatic heterocycles. The number of amides is 2. The Labute approximate surface area is 207 Å². The number of carbonyl (C=O) groups is 3. The molecule has 10 heteroatoms. The molecule has 0 fully saturated rings. The van der Waals surface area contributed by atoms with Gasteiger partial charge in [0.25, 0.3) is 11.8 Å². The SMILES string of the molecule is C=C(/C=C\C(=CC)C(F)(F)F)/C(OC)=C(/N=Nc1cccc2c1C(=O)N(C(CC)CC)C2=O)C(C)=O. The van der Waals surface area contributed by atoms with Crippen LogP contribution in [0.2, 0.25) is 0 Å². The average molecular weight is 504 g/mol. The number of ether oxygens (including phenoxy) is 1. The molecule has 2 rings (SSSR count). The zero-order valence-corrected chi connectivity index (χ0v) is 20.8. The van der Waals surface area contributed by atoms with Crippen LogP contribution in [0.5, 0.6) is 0 Å². The second kappa shape index (κ2) is 11.7. The van der Waals surface area contributed by atoms with Gasteiger partial charge in [0.2, 0.25) is 0 Å². The van der Waals surface area contributed by atoms with Crippen LogP contribution in [0.3, 0.4) is 0 Å². The van der Waals surface area contributed by atoms with Crippen molar-refractivity contribution in [3.05, 3.63) is 76.7 Å². The molecule has 1 aromatic carbocycles. The number of azo groups is 1. The second-order valence-electron chi connectivity index (χ2n) is 7.89. The fraction of sp³-hybridized carbons (Fsp3) is 0.346. The van der Waals surface area contributed by atoms with Crippen LogP contribution in [0.15, 0.2) is 75.8 Å². The topological polar surface area (TPSA) is 88.4 Å². The maximum atomic E-state index is 13.1. The summed E-state index contributed by atoms with van der Waals surface area (Å²) in [5.41, 5.74) is -0.941. The third-order valence-corrected chi connectivity index (χ3v) is 5.64. The van der Waals surface area contributed by atoms with Crippen LogP contribution >= 0.6 is 0 Å². The van der Waals surface area contributed by atoms with Crippen molar-refractivity contribution in [2.24, 2.45) is 10.2 Å². The highest BCUT2D eigenvalue weighted by Crippen LogP contribution is 2.34. The van der Waals surface area contributed by atoms with Gasteiger partial charge in [-0.2, -0.15) is 13.2 Å². The van der Waals surface area contributed by atoms with Crippen LogP contribution in [-0.2, 0) is 9.53 Å². The van der Waals surface area contributed by atoms with Gasteiger partial charge < -0.3 is 4.74 Å². The predicted molar refractivity (Wildman–Crippen MR) is 129 cm³/mol. The summed E-state index contributed by atoms with van der Waals surface area (Å²) in [6, 6.07) is 4.26. The van der Waals surface area contributed by atoms with Crippen molar-refractivity contribution in [1.29, 1.82) is 0 Å². The number of ketones is 1. The van der Waals surface area contributed by atoms with Gasteiger partial charge in [0.1, 0.15) is 0 Å². The van der Waals surface area contributed by atoms with E-state index in [9.17, 15) is 27.6 Å². The zero-order valence-electron chi connectivity index (χ0n) is 20.8. The molecule has 2 amide bonds. The number of rotatable bonds is 10. The highest BCUT2D eigenvalue weighted by molar-refractivity contribution is 6.23. The van der Waals surface area contributed by atoms with E-state index < -0.39 is 29.3 Å². The van der Waals surface area contributed by atoms with Gasteiger partial charge in [-0.3, -0.25) is 19.3 Å². The van der Waals surface area contributed by atoms with E-state index in [-0.39, 0.29) is 39.9 Å². The quantitative estimate of drug-likeness (QED) is 0.118. The number of hydrogen-bond donors (Lipinski definition) is 0. The molecule has 1 aromatic rings. The highest BCUT2D eigenvalue weighted by atomic mass is 19.4. The average Bonchev–Trinajstić information content (AvgIpc) is 3.07. The maximum Gasteiger partial charge on any atom is 0.416 e. The Balaban J connectivity index is 2.51. The molecule has 1 aliphatic heterocycles. The predicted octanol–water partition coefficient (Wildman–Crippen LogP) is 6.62. The van der Waals surface area contributed by atoms with E-state index >= 15 is 0 Å². The lowest BCUT2D eigenvalue weighted by Crippen LogP contribution is -2.39. The van der Waals surface area contributed by atoms with Crippen molar-refractivity contribution in [3.63, 3.8) is 0 Å². The number of nitrogens with zero attached hydrogens (tertiary/aromatic N) is 3. The summed E-state index contributed by atoms with van der Waals surface area (Å²) in [6.07, 6.45) is -0.637. The van der Waals surface area contributed by atoms with Gasteiger partial charge in [0.15, 0.2) is 17.2 Å². The third-order valence-electron chi connectivity index (χ3n) is 5.64. The molecule has 0 N–H and O–H groups in total. The molecule has 36 heavy (non-hydrogen) atoms. The minimum absolute atomic E-state index is 0.0466. The smallest absolute Gasteiger partial charge is 0.416 e. The lowest BCUT2D eigenvalue weighted by molar-refractivity contribution is -0.113. The largest absolute Gasteiger partial charge is 0.494 e. The van der Waals surface area contributed by atoms with Gasteiger partial charge in [-0.25, -0.2) is 0 Å². The lowest BCUT2D eigenvalue weighted by Gasteiger charge is -2.23. The Morgan fingerprint density at radius 2 is 1.81 bits per heavy atom. The number of fused-ring (bicyclic) bond motifs is 1. The zero-order chi connectivity index (χ0) is 27.2. The van der Waals surface area contributed by atoms with Gasteiger partial charge in [0, 0.05) is 18.5 Å².